The first kappa shape index (κ1) is 15.2. The van der Waals surface area contributed by atoms with Crippen molar-refractivity contribution in [3.8, 4) is 0 Å². The van der Waals surface area contributed by atoms with E-state index in [1.807, 2.05) is 35.0 Å². The molecular formula is C18H22N4O2. The minimum absolute atomic E-state index is 0.0842. The second-order valence-corrected chi connectivity index (χ2v) is 6.95. The van der Waals surface area contributed by atoms with E-state index in [2.05, 4.69) is 17.2 Å². The minimum atomic E-state index is -0.679. The Morgan fingerprint density at radius 2 is 2.08 bits per heavy atom. The number of hydrogen-bond donors (Lipinski definition) is 1. The Balaban J connectivity index is 1.53. The lowest BCUT2D eigenvalue weighted by Crippen LogP contribution is -2.49. The van der Waals surface area contributed by atoms with E-state index in [1.165, 1.54) is 4.90 Å². The third-order valence-corrected chi connectivity index (χ3v) is 5.52. The van der Waals surface area contributed by atoms with Crippen LogP contribution in [0.3, 0.4) is 0 Å². The molecule has 1 saturated carbocycles. The van der Waals surface area contributed by atoms with Crippen molar-refractivity contribution in [2.75, 3.05) is 0 Å². The van der Waals surface area contributed by atoms with Gasteiger partial charge in [-0.25, -0.2) is 9.78 Å². The van der Waals surface area contributed by atoms with Crippen LogP contribution in [0.4, 0.5) is 4.79 Å². The predicted octanol–water partition coefficient (Wildman–Crippen LogP) is 2.73. The summed E-state index contributed by atoms with van der Waals surface area (Å²) in [5.74, 6) is 0.590. The van der Waals surface area contributed by atoms with Gasteiger partial charge in [-0.3, -0.25) is 9.69 Å². The van der Waals surface area contributed by atoms with Crippen LogP contribution in [0.25, 0.3) is 5.65 Å². The first-order valence-corrected chi connectivity index (χ1v) is 8.68. The fraction of sp³-hybridized carbons (Fsp3) is 0.500. The largest absolute Gasteiger partial charge is 0.325 e. The average Bonchev–Trinajstić information content (AvgIpc) is 3.10. The first-order valence-electron chi connectivity index (χ1n) is 8.68. The minimum Gasteiger partial charge on any atom is -0.323 e. The Hall–Kier alpha value is -2.37. The third kappa shape index (κ3) is 2.37. The normalized spacial score (nSPS) is 27.2. The number of carbonyl (C=O) groups excluding carboxylic acids is 2. The third-order valence-electron chi connectivity index (χ3n) is 5.52. The van der Waals surface area contributed by atoms with E-state index >= 15 is 0 Å². The maximum atomic E-state index is 12.9. The number of hydrogen-bond acceptors (Lipinski definition) is 3. The van der Waals surface area contributed by atoms with E-state index < -0.39 is 5.54 Å². The van der Waals surface area contributed by atoms with Gasteiger partial charge in [-0.15, -0.1) is 0 Å². The summed E-state index contributed by atoms with van der Waals surface area (Å²) in [6, 6.07) is 5.46. The van der Waals surface area contributed by atoms with E-state index in [9.17, 15) is 9.59 Å². The Bertz CT molecular complexity index is 756. The molecule has 24 heavy (non-hydrogen) atoms. The maximum Gasteiger partial charge on any atom is 0.325 e. The van der Waals surface area contributed by atoms with Crippen molar-refractivity contribution >= 4 is 17.6 Å². The topological polar surface area (TPSA) is 66.7 Å². The van der Waals surface area contributed by atoms with Gasteiger partial charge < -0.3 is 9.72 Å². The number of urea groups is 1. The number of imide groups is 1. The van der Waals surface area contributed by atoms with Gasteiger partial charge in [0, 0.05) is 12.4 Å². The molecule has 126 valence electrons. The standard InChI is InChI=1S/C18H22N4O2/c1-2-13-6-8-18(9-7-13)16(23)22(17(24)20-18)12-14-11-21-10-4-3-5-15(21)19-14/h3-5,10-11,13H,2,6-9,12H2,1H3,(H,20,24). The molecular weight excluding hydrogens is 304 g/mol. The molecule has 0 atom stereocenters. The highest BCUT2D eigenvalue weighted by molar-refractivity contribution is 6.07. The van der Waals surface area contributed by atoms with E-state index in [-0.39, 0.29) is 18.5 Å². The fourth-order valence-electron chi connectivity index (χ4n) is 3.96. The van der Waals surface area contributed by atoms with Gasteiger partial charge in [-0.2, -0.15) is 0 Å². The molecule has 6 nitrogen and oxygen atoms in total. The quantitative estimate of drug-likeness (QED) is 0.882. The van der Waals surface area contributed by atoms with E-state index in [1.54, 1.807) is 0 Å². The molecule has 1 N–H and O–H groups in total. The first-order chi connectivity index (χ1) is 11.6. The van der Waals surface area contributed by atoms with Gasteiger partial charge in [0.05, 0.1) is 12.2 Å². The zero-order valence-corrected chi connectivity index (χ0v) is 13.9. The molecule has 0 unspecified atom stereocenters. The number of imidazole rings is 1. The molecule has 2 aromatic heterocycles. The molecule has 3 amide bonds. The number of fused-ring (bicyclic) bond motifs is 1. The summed E-state index contributed by atoms with van der Waals surface area (Å²) >= 11 is 0. The molecule has 0 aromatic carbocycles. The summed E-state index contributed by atoms with van der Waals surface area (Å²) in [5.41, 5.74) is 0.865. The van der Waals surface area contributed by atoms with Crippen molar-refractivity contribution < 1.29 is 9.59 Å². The molecule has 1 saturated heterocycles. The molecule has 1 aliphatic carbocycles. The summed E-state index contributed by atoms with van der Waals surface area (Å²) in [6.45, 7) is 2.42. The molecule has 0 bridgehead atoms. The number of aromatic nitrogens is 2. The molecule has 0 radical (unpaired) electrons. The Kier molecular flexibility index (Phi) is 3.55. The molecule has 2 aromatic rings. The summed E-state index contributed by atoms with van der Waals surface area (Å²) in [6.07, 6.45) is 8.42. The van der Waals surface area contributed by atoms with Crippen LogP contribution in [0.1, 0.15) is 44.7 Å². The smallest absolute Gasteiger partial charge is 0.323 e. The highest BCUT2D eigenvalue weighted by Crippen LogP contribution is 2.37. The zero-order chi connectivity index (χ0) is 16.7. The zero-order valence-electron chi connectivity index (χ0n) is 13.9. The van der Waals surface area contributed by atoms with Gasteiger partial charge in [-0.1, -0.05) is 19.4 Å². The summed E-state index contributed by atoms with van der Waals surface area (Å²) in [7, 11) is 0. The van der Waals surface area contributed by atoms with Crippen LogP contribution in [-0.2, 0) is 11.3 Å². The number of pyridine rings is 1. The lowest BCUT2D eigenvalue weighted by Gasteiger charge is -2.34. The lowest BCUT2D eigenvalue weighted by molar-refractivity contribution is -0.133. The van der Waals surface area contributed by atoms with Gasteiger partial charge in [0.1, 0.15) is 11.2 Å². The Morgan fingerprint density at radius 3 is 2.79 bits per heavy atom. The van der Waals surface area contributed by atoms with E-state index in [0.717, 1.165) is 43.4 Å². The van der Waals surface area contributed by atoms with Crippen molar-refractivity contribution in [3.05, 3.63) is 36.3 Å². The van der Waals surface area contributed by atoms with Gasteiger partial charge in [0.2, 0.25) is 0 Å². The molecule has 2 aliphatic rings. The Morgan fingerprint density at radius 1 is 1.29 bits per heavy atom. The number of nitrogens with one attached hydrogen (secondary N) is 1. The molecule has 1 spiro atoms. The number of carbonyl (C=O) groups is 2. The maximum absolute atomic E-state index is 12.9. The summed E-state index contributed by atoms with van der Waals surface area (Å²) < 4.78 is 1.90. The number of nitrogens with zero attached hydrogens (tertiary/aromatic N) is 3. The second kappa shape index (κ2) is 5.61. The average molecular weight is 326 g/mol. The predicted molar refractivity (Wildman–Crippen MR) is 89.3 cm³/mol. The summed E-state index contributed by atoms with van der Waals surface area (Å²) in [4.78, 5) is 31.1. The highest BCUT2D eigenvalue weighted by Gasteiger charge is 2.52. The van der Waals surface area contributed by atoms with Crippen molar-refractivity contribution in [1.82, 2.24) is 19.6 Å². The van der Waals surface area contributed by atoms with Crippen LogP contribution in [0.2, 0.25) is 0 Å². The van der Waals surface area contributed by atoms with Gasteiger partial charge in [-0.05, 0) is 43.7 Å². The number of amides is 3. The van der Waals surface area contributed by atoms with Crippen LogP contribution >= 0.6 is 0 Å². The van der Waals surface area contributed by atoms with Gasteiger partial charge >= 0.3 is 6.03 Å². The van der Waals surface area contributed by atoms with Crippen LogP contribution in [0.15, 0.2) is 30.6 Å². The summed E-state index contributed by atoms with van der Waals surface area (Å²) in [5, 5.41) is 2.97. The molecule has 2 fully saturated rings. The van der Waals surface area contributed by atoms with Crippen molar-refractivity contribution in [2.24, 2.45) is 5.92 Å². The number of rotatable bonds is 3. The van der Waals surface area contributed by atoms with Gasteiger partial charge in [0.25, 0.3) is 5.91 Å². The van der Waals surface area contributed by atoms with Crippen LogP contribution in [-0.4, -0.2) is 31.8 Å². The van der Waals surface area contributed by atoms with Crippen molar-refractivity contribution in [3.63, 3.8) is 0 Å². The van der Waals surface area contributed by atoms with Crippen LogP contribution < -0.4 is 5.32 Å². The molecule has 4 rings (SSSR count). The van der Waals surface area contributed by atoms with Crippen molar-refractivity contribution in [2.45, 2.75) is 51.1 Å². The Labute approximate surface area is 140 Å². The fourth-order valence-corrected chi connectivity index (χ4v) is 3.96. The molecule has 3 heterocycles. The van der Waals surface area contributed by atoms with Crippen LogP contribution in [0, 0.1) is 5.92 Å². The second-order valence-electron chi connectivity index (χ2n) is 6.95. The van der Waals surface area contributed by atoms with Gasteiger partial charge in [0.15, 0.2) is 0 Å². The van der Waals surface area contributed by atoms with E-state index in [4.69, 9.17) is 0 Å². The monoisotopic (exact) mass is 326 g/mol. The van der Waals surface area contributed by atoms with Crippen molar-refractivity contribution in [1.29, 1.82) is 0 Å². The molecule has 1 aliphatic heterocycles. The highest BCUT2D eigenvalue weighted by atomic mass is 16.2. The SMILES string of the molecule is CCC1CCC2(CC1)NC(=O)N(Cc1cn3ccccc3n1)C2=O. The lowest BCUT2D eigenvalue weighted by atomic mass is 9.75. The van der Waals surface area contributed by atoms with Crippen LogP contribution in [0.5, 0.6) is 0 Å². The van der Waals surface area contributed by atoms with E-state index in [0.29, 0.717) is 5.92 Å². The molecule has 6 heteroatoms.